The van der Waals surface area contributed by atoms with E-state index in [1.807, 2.05) is 0 Å². The van der Waals surface area contributed by atoms with Gasteiger partial charge < -0.3 is 15.2 Å². The first-order chi connectivity index (χ1) is 9.75. The first-order valence-corrected chi connectivity index (χ1v) is 5.88. The molecule has 0 heterocycles. The van der Waals surface area contributed by atoms with Gasteiger partial charge in [0.25, 0.3) is 0 Å². The molecule has 1 rings (SSSR count). The van der Waals surface area contributed by atoms with E-state index in [-0.39, 0.29) is 30.3 Å². The number of halogens is 3. The molecule has 1 aromatic carbocycles. The smallest absolute Gasteiger partial charge is 0.379 e. The second-order valence-electron chi connectivity index (χ2n) is 4.01. The molecule has 0 bridgehead atoms. The number of esters is 1. The van der Waals surface area contributed by atoms with Crippen LogP contribution in [0, 0.1) is 10.1 Å². The third-order valence-corrected chi connectivity index (χ3v) is 2.70. The lowest BCUT2D eigenvalue weighted by molar-refractivity contribution is -0.385. The third-order valence-electron chi connectivity index (χ3n) is 2.70. The minimum atomic E-state index is -4.00. The number of ether oxygens (including phenoxy) is 2. The van der Waals surface area contributed by atoms with E-state index in [2.05, 4.69) is 4.74 Å². The summed E-state index contributed by atoms with van der Waals surface area (Å²) in [5, 5.41) is 10.8. The quantitative estimate of drug-likeness (QED) is 0.483. The largest absolute Gasteiger partial charge is 0.490 e. The lowest BCUT2D eigenvalue weighted by Crippen LogP contribution is -2.41. The summed E-state index contributed by atoms with van der Waals surface area (Å²) in [6, 6.07) is 1.04. The molecule has 22 heavy (non-hydrogen) atoms. The Morgan fingerprint density at radius 1 is 1.50 bits per heavy atom. The second kappa shape index (κ2) is 7.85. The molecular formula is C12H15ClF2N2O5. The summed E-state index contributed by atoms with van der Waals surface area (Å²) in [5.74, 6) is -5.88. The SMILES string of the molecule is CCOC(=O)C(F)(F)[C@@H](N)c1ccc(OC)c([N+](=O)[O-])c1.Cl. The molecular weight excluding hydrogens is 326 g/mol. The van der Waals surface area contributed by atoms with Crippen LogP contribution in [-0.4, -0.2) is 30.5 Å². The molecule has 0 radical (unpaired) electrons. The van der Waals surface area contributed by atoms with Crippen molar-refractivity contribution in [1.82, 2.24) is 0 Å². The number of methoxy groups -OCH3 is 1. The van der Waals surface area contributed by atoms with Crippen LogP contribution >= 0.6 is 12.4 Å². The topological polar surface area (TPSA) is 105 Å². The van der Waals surface area contributed by atoms with Crippen molar-refractivity contribution in [2.45, 2.75) is 18.9 Å². The van der Waals surface area contributed by atoms with Gasteiger partial charge >= 0.3 is 17.6 Å². The number of carbonyl (C=O) groups is 1. The summed E-state index contributed by atoms with van der Waals surface area (Å²) in [6.07, 6.45) is 0. The van der Waals surface area contributed by atoms with Gasteiger partial charge in [-0.05, 0) is 18.6 Å². The predicted octanol–water partition coefficient (Wildman–Crippen LogP) is 2.22. The van der Waals surface area contributed by atoms with Crippen molar-refractivity contribution in [2.75, 3.05) is 13.7 Å². The highest BCUT2D eigenvalue weighted by molar-refractivity contribution is 5.85. The molecule has 1 aromatic rings. The fourth-order valence-electron chi connectivity index (χ4n) is 1.61. The van der Waals surface area contributed by atoms with Crippen molar-refractivity contribution in [2.24, 2.45) is 5.73 Å². The molecule has 1 atom stereocenters. The van der Waals surface area contributed by atoms with Gasteiger partial charge in [0.1, 0.15) is 6.04 Å². The van der Waals surface area contributed by atoms with Gasteiger partial charge in [0.2, 0.25) is 0 Å². The molecule has 0 aliphatic carbocycles. The van der Waals surface area contributed by atoms with Crippen molar-refractivity contribution in [3.63, 3.8) is 0 Å². The Bertz CT molecular complexity index is 556. The Morgan fingerprint density at radius 2 is 2.09 bits per heavy atom. The summed E-state index contributed by atoms with van der Waals surface area (Å²) in [7, 11) is 1.20. The average molecular weight is 341 g/mol. The van der Waals surface area contributed by atoms with Crippen molar-refractivity contribution in [1.29, 1.82) is 0 Å². The molecule has 0 spiro atoms. The summed E-state index contributed by atoms with van der Waals surface area (Å²) >= 11 is 0. The van der Waals surface area contributed by atoms with Gasteiger partial charge in [0.05, 0.1) is 18.6 Å². The number of nitro benzene ring substituents is 1. The Labute approximate surface area is 130 Å². The van der Waals surface area contributed by atoms with Gasteiger partial charge in [-0.3, -0.25) is 10.1 Å². The van der Waals surface area contributed by atoms with E-state index in [4.69, 9.17) is 10.5 Å². The molecule has 124 valence electrons. The predicted molar refractivity (Wildman–Crippen MR) is 75.4 cm³/mol. The minimum Gasteiger partial charge on any atom is -0.490 e. The molecule has 0 unspecified atom stereocenters. The second-order valence-corrected chi connectivity index (χ2v) is 4.01. The highest BCUT2D eigenvalue weighted by atomic mass is 35.5. The highest BCUT2D eigenvalue weighted by Crippen LogP contribution is 2.35. The van der Waals surface area contributed by atoms with Crippen LogP contribution in [0.5, 0.6) is 5.75 Å². The summed E-state index contributed by atoms with van der Waals surface area (Å²) in [4.78, 5) is 21.3. The number of carbonyl (C=O) groups excluding carboxylic acids is 1. The highest BCUT2D eigenvalue weighted by Gasteiger charge is 2.48. The van der Waals surface area contributed by atoms with E-state index in [0.29, 0.717) is 0 Å². The Morgan fingerprint density at radius 3 is 2.55 bits per heavy atom. The van der Waals surface area contributed by atoms with Crippen LogP contribution in [0.4, 0.5) is 14.5 Å². The molecule has 0 aliphatic rings. The Balaban J connectivity index is 0.00000441. The van der Waals surface area contributed by atoms with E-state index in [0.717, 1.165) is 18.2 Å². The maximum absolute atomic E-state index is 13.8. The Kier molecular flexibility index (Phi) is 7.14. The van der Waals surface area contributed by atoms with Crippen LogP contribution in [0.15, 0.2) is 18.2 Å². The molecule has 0 saturated heterocycles. The summed E-state index contributed by atoms with van der Waals surface area (Å²) in [5.41, 5.74) is 4.55. The van der Waals surface area contributed by atoms with Crippen LogP contribution < -0.4 is 10.5 Å². The lowest BCUT2D eigenvalue weighted by atomic mass is 10.0. The van der Waals surface area contributed by atoms with Crippen molar-refractivity contribution >= 4 is 24.1 Å². The fourth-order valence-corrected chi connectivity index (χ4v) is 1.61. The van der Waals surface area contributed by atoms with E-state index in [9.17, 15) is 23.7 Å². The van der Waals surface area contributed by atoms with Gasteiger partial charge in [-0.15, -0.1) is 12.4 Å². The number of nitrogens with two attached hydrogens (primary N) is 1. The summed E-state index contributed by atoms with van der Waals surface area (Å²) in [6.45, 7) is 1.14. The number of nitro groups is 1. The number of hydrogen-bond acceptors (Lipinski definition) is 6. The maximum Gasteiger partial charge on any atom is 0.379 e. The molecule has 0 saturated carbocycles. The zero-order chi connectivity index (χ0) is 16.2. The molecule has 0 amide bonds. The number of rotatable bonds is 6. The molecule has 0 aromatic heterocycles. The lowest BCUT2D eigenvalue weighted by Gasteiger charge is -2.21. The molecule has 10 heteroatoms. The van der Waals surface area contributed by atoms with Crippen molar-refractivity contribution < 1.29 is 28.0 Å². The Hall–Kier alpha value is -2.00. The van der Waals surface area contributed by atoms with Gasteiger partial charge in [0.15, 0.2) is 5.75 Å². The van der Waals surface area contributed by atoms with Crippen LogP contribution in [-0.2, 0) is 9.53 Å². The van der Waals surface area contributed by atoms with Gasteiger partial charge in [0, 0.05) is 6.07 Å². The van der Waals surface area contributed by atoms with E-state index < -0.39 is 28.5 Å². The molecule has 0 fully saturated rings. The number of benzene rings is 1. The van der Waals surface area contributed by atoms with Crippen LogP contribution in [0.2, 0.25) is 0 Å². The summed E-state index contributed by atoms with van der Waals surface area (Å²) < 4.78 is 36.6. The minimum absolute atomic E-state index is 0. The number of nitrogens with zero attached hydrogens (tertiary/aromatic N) is 1. The average Bonchev–Trinajstić information content (AvgIpc) is 2.45. The third kappa shape index (κ3) is 4.01. The monoisotopic (exact) mass is 340 g/mol. The zero-order valence-corrected chi connectivity index (χ0v) is 12.6. The van der Waals surface area contributed by atoms with Crippen LogP contribution in [0.1, 0.15) is 18.5 Å². The first-order valence-electron chi connectivity index (χ1n) is 5.88. The zero-order valence-electron chi connectivity index (χ0n) is 11.7. The standard InChI is InChI=1S/C12H14F2N2O5.ClH/c1-3-21-11(17)12(13,14)10(15)7-4-5-9(20-2)8(6-7)16(18)19;/h4-6,10H,3,15H2,1-2H3;1H/t10-;/m0./s1. The van der Waals surface area contributed by atoms with Crippen molar-refractivity contribution in [3.05, 3.63) is 33.9 Å². The molecule has 7 nitrogen and oxygen atoms in total. The van der Waals surface area contributed by atoms with Gasteiger partial charge in [-0.25, -0.2) is 4.79 Å². The molecule has 2 N–H and O–H groups in total. The van der Waals surface area contributed by atoms with Crippen molar-refractivity contribution in [3.8, 4) is 5.75 Å². The fraction of sp³-hybridized carbons (Fsp3) is 0.417. The number of hydrogen-bond donors (Lipinski definition) is 1. The van der Waals surface area contributed by atoms with E-state index in [1.54, 1.807) is 0 Å². The van der Waals surface area contributed by atoms with E-state index >= 15 is 0 Å². The van der Waals surface area contributed by atoms with Gasteiger partial charge in [-0.2, -0.15) is 8.78 Å². The maximum atomic E-state index is 13.8. The van der Waals surface area contributed by atoms with Crippen LogP contribution in [0.25, 0.3) is 0 Å². The normalized spacial score (nSPS) is 12.0. The molecule has 0 aliphatic heterocycles. The van der Waals surface area contributed by atoms with E-state index in [1.165, 1.54) is 14.0 Å². The first kappa shape index (κ1) is 20.0. The number of alkyl halides is 2. The van der Waals surface area contributed by atoms with Gasteiger partial charge in [-0.1, -0.05) is 6.07 Å². The van der Waals surface area contributed by atoms with Crippen LogP contribution in [0.3, 0.4) is 0 Å².